The van der Waals surface area contributed by atoms with Gasteiger partial charge in [0.05, 0.1) is 32.8 Å². The van der Waals surface area contributed by atoms with Crippen molar-refractivity contribution in [1.82, 2.24) is 4.90 Å². The molecule has 0 heterocycles. The molecule has 0 spiro atoms. The number of quaternary nitrogens is 1. The van der Waals surface area contributed by atoms with Gasteiger partial charge in [-0.3, -0.25) is 4.79 Å². The van der Waals surface area contributed by atoms with Gasteiger partial charge in [0, 0.05) is 13.0 Å². The fourth-order valence-electron chi connectivity index (χ4n) is 3.06. The summed E-state index contributed by atoms with van der Waals surface area (Å²) < 4.78 is 0.889. The molecule has 0 bridgehead atoms. The van der Waals surface area contributed by atoms with Crippen LogP contribution in [0.5, 0.6) is 0 Å². The predicted molar refractivity (Wildman–Crippen MR) is 103 cm³/mol. The molecule has 0 saturated carbocycles. The van der Waals surface area contributed by atoms with Crippen molar-refractivity contribution in [2.24, 2.45) is 0 Å². The second kappa shape index (κ2) is 14.5. The maximum absolute atomic E-state index is 12.4. The van der Waals surface area contributed by atoms with Crippen LogP contribution in [0.2, 0.25) is 0 Å². The van der Waals surface area contributed by atoms with Gasteiger partial charge < -0.3 is 14.5 Å². The number of carbonyl (C=O) groups excluding carboxylic acids is 1. The van der Waals surface area contributed by atoms with E-state index in [1.54, 1.807) is 0 Å². The van der Waals surface area contributed by atoms with Crippen molar-refractivity contribution in [3.05, 3.63) is 12.2 Å². The molecule has 0 fully saturated rings. The van der Waals surface area contributed by atoms with Crippen LogP contribution in [-0.4, -0.2) is 66.3 Å². The van der Waals surface area contributed by atoms with Gasteiger partial charge in [-0.2, -0.15) is 0 Å². The zero-order chi connectivity index (χ0) is 18.3. The Balaban J connectivity index is 4.22. The number of hydrogen-bond acceptors (Lipinski definition) is 2. The summed E-state index contributed by atoms with van der Waals surface area (Å²) in [7, 11) is 0. The summed E-state index contributed by atoms with van der Waals surface area (Å²) in [4.78, 5) is 14.4. The zero-order valence-electron chi connectivity index (χ0n) is 16.6. The van der Waals surface area contributed by atoms with Crippen LogP contribution >= 0.6 is 0 Å². The molecule has 0 aromatic carbocycles. The predicted octanol–water partition coefficient (Wildman–Crippen LogP) is 3.60. The maximum atomic E-state index is 12.4. The van der Waals surface area contributed by atoms with Gasteiger partial charge in [0.1, 0.15) is 6.54 Å². The number of nitrogens with zero attached hydrogens (tertiary/aromatic N) is 2. The topological polar surface area (TPSA) is 40.5 Å². The molecule has 0 aliphatic carbocycles. The van der Waals surface area contributed by atoms with Crippen LogP contribution in [0.15, 0.2) is 12.2 Å². The van der Waals surface area contributed by atoms with Gasteiger partial charge in [-0.25, -0.2) is 0 Å². The lowest BCUT2D eigenvalue weighted by molar-refractivity contribution is -0.924. The molecule has 0 aliphatic rings. The van der Waals surface area contributed by atoms with Crippen molar-refractivity contribution >= 4 is 5.91 Å². The molecule has 0 aromatic heterocycles. The molecule has 24 heavy (non-hydrogen) atoms. The van der Waals surface area contributed by atoms with Crippen LogP contribution in [0.25, 0.3) is 0 Å². The smallest absolute Gasteiger partial charge is 0.222 e. The van der Waals surface area contributed by atoms with Crippen molar-refractivity contribution in [2.75, 3.05) is 45.9 Å². The van der Waals surface area contributed by atoms with Gasteiger partial charge in [-0.1, -0.05) is 31.9 Å². The number of allylic oxidation sites excluding steroid dienone is 2. The number of hydrogen-bond donors (Lipinski definition) is 1. The van der Waals surface area contributed by atoms with Gasteiger partial charge in [0.15, 0.2) is 0 Å². The Labute approximate surface area is 150 Å². The number of aliphatic hydroxyl groups excluding tert-OH is 1. The molecule has 1 N–H and O–H groups in total. The molecular weight excluding hydrogens is 300 g/mol. The van der Waals surface area contributed by atoms with E-state index >= 15 is 0 Å². The summed E-state index contributed by atoms with van der Waals surface area (Å²) in [5.41, 5.74) is 0. The summed E-state index contributed by atoms with van der Waals surface area (Å²) in [5, 5.41) is 9.31. The van der Waals surface area contributed by atoms with Crippen LogP contribution < -0.4 is 0 Å². The van der Waals surface area contributed by atoms with E-state index in [0.29, 0.717) is 6.42 Å². The van der Waals surface area contributed by atoms with Gasteiger partial charge in [0.2, 0.25) is 5.91 Å². The minimum Gasteiger partial charge on any atom is -0.391 e. The number of rotatable bonds is 15. The highest BCUT2D eigenvalue weighted by Crippen LogP contribution is 2.08. The molecule has 0 saturated heterocycles. The average molecular weight is 342 g/mol. The van der Waals surface area contributed by atoms with E-state index in [1.807, 2.05) is 4.90 Å². The number of carbonyl (C=O) groups is 1. The fourth-order valence-corrected chi connectivity index (χ4v) is 3.06. The van der Waals surface area contributed by atoms with E-state index in [4.69, 9.17) is 0 Å². The molecule has 0 rings (SSSR count). The van der Waals surface area contributed by atoms with E-state index in [0.717, 1.165) is 63.0 Å². The summed E-state index contributed by atoms with van der Waals surface area (Å²) in [5.74, 6) is 0.272. The summed E-state index contributed by atoms with van der Waals surface area (Å²) in [6.45, 7) is 14.1. The van der Waals surface area contributed by atoms with Gasteiger partial charge in [-0.05, 0) is 40.0 Å². The molecule has 142 valence electrons. The van der Waals surface area contributed by atoms with Crippen molar-refractivity contribution < 1.29 is 14.4 Å². The maximum Gasteiger partial charge on any atom is 0.222 e. The van der Waals surface area contributed by atoms with Crippen molar-refractivity contribution in [2.45, 2.75) is 66.2 Å². The Hall–Kier alpha value is -0.870. The van der Waals surface area contributed by atoms with Crippen LogP contribution in [0.1, 0.15) is 66.2 Å². The zero-order valence-corrected chi connectivity index (χ0v) is 16.6. The van der Waals surface area contributed by atoms with E-state index < -0.39 is 0 Å². The molecule has 4 heteroatoms. The van der Waals surface area contributed by atoms with Crippen LogP contribution in [-0.2, 0) is 4.79 Å². The SMILES string of the molecule is CCCC/C=C/CCCC(=O)N(CC)CC[N+](CC)(CC)CCO. The van der Waals surface area contributed by atoms with Crippen molar-refractivity contribution in [3.63, 3.8) is 0 Å². The third-order valence-electron chi connectivity index (χ3n) is 5.15. The lowest BCUT2D eigenvalue weighted by atomic mass is 10.2. The first-order valence-electron chi connectivity index (χ1n) is 9.97. The molecular formula is C20H41N2O2+. The minimum absolute atomic E-state index is 0.214. The first-order chi connectivity index (χ1) is 11.6. The highest BCUT2D eigenvalue weighted by molar-refractivity contribution is 5.76. The summed E-state index contributed by atoms with van der Waals surface area (Å²) in [6.07, 6.45) is 10.7. The minimum atomic E-state index is 0.214. The average Bonchev–Trinajstić information content (AvgIpc) is 2.60. The number of unbranched alkanes of at least 4 members (excludes halogenated alkanes) is 3. The Bertz CT molecular complexity index is 339. The highest BCUT2D eigenvalue weighted by atomic mass is 16.3. The Morgan fingerprint density at radius 2 is 1.62 bits per heavy atom. The van der Waals surface area contributed by atoms with Crippen LogP contribution in [0, 0.1) is 0 Å². The van der Waals surface area contributed by atoms with Crippen LogP contribution in [0.4, 0.5) is 0 Å². The molecule has 1 amide bonds. The largest absolute Gasteiger partial charge is 0.391 e. The van der Waals surface area contributed by atoms with E-state index in [2.05, 4.69) is 39.8 Å². The molecule has 0 radical (unpaired) electrons. The Kier molecular flexibility index (Phi) is 13.9. The summed E-state index contributed by atoms with van der Waals surface area (Å²) in [6, 6.07) is 0. The quantitative estimate of drug-likeness (QED) is 0.281. The fraction of sp³-hybridized carbons (Fsp3) is 0.850. The Morgan fingerprint density at radius 3 is 2.12 bits per heavy atom. The standard InChI is InChI=1S/C20H41N2O2/c1-5-9-10-11-12-13-14-15-20(24)21(6-2)16-17-22(7-3,8-4)18-19-23/h11-12,23H,5-10,13-19H2,1-4H3/q+1/b12-11+. The monoisotopic (exact) mass is 341 g/mol. The molecule has 0 atom stereocenters. The van der Waals surface area contributed by atoms with Crippen LogP contribution in [0.3, 0.4) is 0 Å². The first kappa shape index (κ1) is 23.1. The van der Waals surface area contributed by atoms with E-state index in [9.17, 15) is 9.90 Å². The second-order valence-electron chi connectivity index (χ2n) is 6.62. The van der Waals surface area contributed by atoms with E-state index in [1.165, 1.54) is 12.8 Å². The number of aliphatic hydroxyl groups is 1. The van der Waals surface area contributed by atoms with Gasteiger partial charge in [0.25, 0.3) is 0 Å². The summed E-state index contributed by atoms with van der Waals surface area (Å²) >= 11 is 0. The van der Waals surface area contributed by atoms with Crippen molar-refractivity contribution in [3.8, 4) is 0 Å². The molecule has 0 aromatic rings. The third kappa shape index (κ3) is 9.43. The number of likely N-dealkylation sites (N-methyl/N-ethyl adjacent to an activating group) is 2. The van der Waals surface area contributed by atoms with E-state index in [-0.39, 0.29) is 12.5 Å². The molecule has 0 aliphatic heterocycles. The normalized spacial score (nSPS) is 12.0. The highest BCUT2D eigenvalue weighted by Gasteiger charge is 2.24. The number of amides is 1. The van der Waals surface area contributed by atoms with Gasteiger partial charge >= 0.3 is 0 Å². The Morgan fingerprint density at radius 1 is 1.00 bits per heavy atom. The lowest BCUT2D eigenvalue weighted by Crippen LogP contribution is -2.53. The molecule has 0 unspecified atom stereocenters. The first-order valence-corrected chi connectivity index (χ1v) is 9.97. The second-order valence-corrected chi connectivity index (χ2v) is 6.62. The van der Waals surface area contributed by atoms with Crippen molar-refractivity contribution in [1.29, 1.82) is 0 Å². The van der Waals surface area contributed by atoms with Gasteiger partial charge in [-0.15, -0.1) is 0 Å². The third-order valence-corrected chi connectivity index (χ3v) is 5.15. The molecule has 4 nitrogen and oxygen atoms in total. The lowest BCUT2D eigenvalue weighted by Gasteiger charge is -2.38.